The summed E-state index contributed by atoms with van der Waals surface area (Å²) in [6.45, 7) is 3.04. The Morgan fingerprint density at radius 3 is 2.38 bits per heavy atom. The van der Waals surface area contributed by atoms with Crippen LogP contribution >= 0.6 is 11.6 Å². The lowest BCUT2D eigenvalue weighted by atomic mass is 10.2. The number of carbonyl (C=O) groups excluding carboxylic acids is 2. The van der Waals surface area contributed by atoms with Crippen molar-refractivity contribution in [3.63, 3.8) is 0 Å². The van der Waals surface area contributed by atoms with E-state index in [9.17, 15) is 9.59 Å². The van der Waals surface area contributed by atoms with Crippen molar-refractivity contribution in [2.24, 2.45) is 0 Å². The fourth-order valence-corrected chi connectivity index (χ4v) is 2.17. The molecule has 0 saturated carbocycles. The Balaban J connectivity index is 1.85. The molecule has 2 aromatic rings. The van der Waals surface area contributed by atoms with Gasteiger partial charge in [-0.15, -0.1) is 0 Å². The van der Waals surface area contributed by atoms with E-state index in [4.69, 9.17) is 21.1 Å². The smallest absolute Gasteiger partial charge is 0.338 e. The molecule has 0 aliphatic heterocycles. The highest BCUT2D eigenvalue weighted by Crippen LogP contribution is 2.12. The zero-order valence-corrected chi connectivity index (χ0v) is 15.2. The van der Waals surface area contributed by atoms with Crippen LogP contribution in [0.25, 0.3) is 6.08 Å². The topological polar surface area (TPSA) is 64.6 Å². The van der Waals surface area contributed by atoms with Gasteiger partial charge in [-0.25, -0.2) is 4.79 Å². The van der Waals surface area contributed by atoms with Gasteiger partial charge in [-0.3, -0.25) is 4.79 Å². The van der Waals surface area contributed by atoms with Crippen LogP contribution in [0.2, 0.25) is 5.02 Å². The summed E-state index contributed by atoms with van der Waals surface area (Å²) in [6.07, 6.45) is 3.12. The van der Waals surface area contributed by atoms with Gasteiger partial charge in [0.15, 0.2) is 0 Å². The maximum atomic E-state index is 11.9. The molecular formula is C20H20ClNO4. The lowest BCUT2D eigenvalue weighted by Crippen LogP contribution is -2.11. The summed E-state index contributed by atoms with van der Waals surface area (Å²) in [7, 11) is 0. The molecule has 0 unspecified atom stereocenters. The summed E-state index contributed by atoms with van der Waals surface area (Å²) in [5, 5.41) is 3.37. The standard InChI is InChI=1S/C20H20ClNO4/c1-2-25-13-14-26-20(24)16-6-10-18(11-7-16)22-19(23)12-5-15-3-8-17(21)9-4-15/h3-12H,2,13-14H2,1H3,(H,22,23)/b12-5+. The molecular weight excluding hydrogens is 354 g/mol. The number of ether oxygens (including phenoxy) is 2. The quantitative estimate of drug-likeness (QED) is 0.428. The van der Waals surface area contributed by atoms with E-state index in [1.54, 1.807) is 42.5 Å². The van der Waals surface area contributed by atoms with Crippen molar-refractivity contribution >= 4 is 35.2 Å². The van der Waals surface area contributed by atoms with Crippen LogP contribution in [0.15, 0.2) is 54.6 Å². The molecule has 2 rings (SSSR count). The first kappa shape index (κ1) is 19.7. The summed E-state index contributed by atoms with van der Waals surface area (Å²) in [5.41, 5.74) is 1.87. The van der Waals surface area contributed by atoms with Gasteiger partial charge >= 0.3 is 5.97 Å². The average Bonchev–Trinajstić information content (AvgIpc) is 2.65. The van der Waals surface area contributed by atoms with E-state index < -0.39 is 5.97 Å². The van der Waals surface area contributed by atoms with Crippen molar-refractivity contribution < 1.29 is 19.1 Å². The first-order chi connectivity index (χ1) is 12.6. The fourth-order valence-electron chi connectivity index (χ4n) is 2.04. The van der Waals surface area contributed by atoms with Crippen LogP contribution in [0.5, 0.6) is 0 Å². The molecule has 0 aromatic heterocycles. The second-order valence-corrected chi connectivity index (χ2v) is 5.72. The molecule has 0 fully saturated rings. The van der Waals surface area contributed by atoms with Crippen LogP contribution in [-0.4, -0.2) is 31.7 Å². The zero-order chi connectivity index (χ0) is 18.8. The Morgan fingerprint density at radius 2 is 1.73 bits per heavy atom. The normalized spacial score (nSPS) is 10.7. The monoisotopic (exact) mass is 373 g/mol. The van der Waals surface area contributed by atoms with Crippen LogP contribution in [0.1, 0.15) is 22.8 Å². The molecule has 136 valence electrons. The minimum Gasteiger partial charge on any atom is -0.460 e. The molecule has 6 heteroatoms. The van der Waals surface area contributed by atoms with Crippen LogP contribution in [0, 0.1) is 0 Å². The van der Waals surface area contributed by atoms with Crippen molar-refractivity contribution in [3.05, 3.63) is 70.8 Å². The number of esters is 1. The number of carbonyl (C=O) groups is 2. The lowest BCUT2D eigenvalue weighted by molar-refractivity contribution is -0.111. The van der Waals surface area contributed by atoms with Gasteiger partial charge in [0.25, 0.3) is 0 Å². The van der Waals surface area contributed by atoms with Crippen LogP contribution in [0.3, 0.4) is 0 Å². The Morgan fingerprint density at radius 1 is 1.04 bits per heavy atom. The largest absolute Gasteiger partial charge is 0.460 e. The molecule has 0 bridgehead atoms. The molecule has 0 aliphatic rings. The molecule has 1 amide bonds. The third kappa shape index (κ3) is 6.70. The van der Waals surface area contributed by atoms with Gasteiger partial charge in [0.1, 0.15) is 6.61 Å². The van der Waals surface area contributed by atoms with Crippen molar-refractivity contribution in [3.8, 4) is 0 Å². The molecule has 0 atom stereocenters. The summed E-state index contributed by atoms with van der Waals surface area (Å²) < 4.78 is 10.2. The van der Waals surface area contributed by atoms with E-state index in [0.29, 0.717) is 29.5 Å². The van der Waals surface area contributed by atoms with Gasteiger partial charge < -0.3 is 14.8 Å². The predicted molar refractivity (Wildman–Crippen MR) is 102 cm³/mol. The molecule has 0 spiro atoms. The Kier molecular flexibility index (Phi) is 7.86. The maximum Gasteiger partial charge on any atom is 0.338 e. The van der Waals surface area contributed by atoms with E-state index in [1.807, 2.05) is 19.1 Å². The maximum absolute atomic E-state index is 11.9. The Hall–Kier alpha value is -2.63. The lowest BCUT2D eigenvalue weighted by Gasteiger charge is -2.06. The minimum atomic E-state index is -0.426. The zero-order valence-electron chi connectivity index (χ0n) is 14.4. The number of anilines is 1. The number of rotatable bonds is 8. The molecule has 0 aliphatic carbocycles. The third-order valence-corrected chi connectivity index (χ3v) is 3.60. The Bertz CT molecular complexity index is 754. The number of hydrogen-bond donors (Lipinski definition) is 1. The second kappa shape index (κ2) is 10.4. The van der Waals surface area contributed by atoms with E-state index in [-0.39, 0.29) is 12.5 Å². The first-order valence-electron chi connectivity index (χ1n) is 8.18. The van der Waals surface area contributed by atoms with Crippen molar-refractivity contribution in [1.29, 1.82) is 0 Å². The van der Waals surface area contributed by atoms with Gasteiger partial charge in [-0.2, -0.15) is 0 Å². The highest BCUT2D eigenvalue weighted by molar-refractivity contribution is 6.30. The number of hydrogen-bond acceptors (Lipinski definition) is 4. The van der Waals surface area contributed by atoms with Gasteiger partial charge in [-0.05, 0) is 55.0 Å². The molecule has 2 aromatic carbocycles. The molecule has 26 heavy (non-hydrogen) atoms. The molecule has 0 saturated heterocycles. The van der Waals surface area contributed by atoms with Crippen LogP contribution in [-0.2, 0) is 14.3 Å². The van der Waals surface area contributed by atoms with E-state index >= 15 is 0 Å². The first-order valence-corrected chi connectivity index (χ1v) is 8.56. The molecule has 0 radical (unpaired) electrons. The van der Waals surface area contributed by atoms with Gasteiger partial charge in [0.2, 0.25) is 5.91 Å². The highest BCUT2D eigenvalue weighted by atomic mass is 35.5. The number of nitrogens with one attached hydrogen (secondary N) is 1. The predicted octanol–water partition coefficient (Wildman–Crippen LogP) is 4.19. The van der Waals surface area contributed by atoms with E-state index in [0.717, 1.165) is 5.56 Å². The highest BCUT2D eigenvalue weighted by Gasteiger charge is 2.07. The van der Waals surface area contributed by atoms with Crippen molar-refractivity contribution in [2.75, 3.05) is 25.1 Å². The van der Waals surface area contributed by atoms with Crippen molar-refractivity contribution in [1.82, 2.24) is 0 Å². The fraction of sp³-hybridized carbons (Fsp3) is 0.200. The number of amides is 1. The molecule has 1 N–H and O–H groups in total. The van der Waals surface area contributed by atoms with E-state index in [2.05, 4.69) is 5.32 Å². The minimum absolute atomic E-state index is 0.209. The second-order valence-electron chi connectivity index (χ2n) is 5.28. The van der Waals surface area contributed by atoms with Crippen molar-refractivity contribution in [2.45, 2.75) is 6.92 Å². The third-order valence-electron chi connectivity index (χ3n) is 3.35. The summed E-state index contributed by atoms with van der Waals surface area (Å²) in [4.78, 5) is 23.8. The van der Waals surface area contributed by atoms with Crippen LogP contribution in [0.4, 0.5) is 5.69 Å². The van der Waals surface area contributed by atoms with Gasteiger partial charge in [0, 0.05) is 23.4 Å². The molecule has 5 nitrogen and oxygen atoms in total. The SMILES string of the molecule is CCOCCOC(=O)c1ccc(NC(=O)/C=C/c2ccc(Cl)cc2)cc1. The van der Waals surface area contributed by atoms with Crippen LogP contribution < -0.4 is 5.32 Å². The van der Waals surface area contributed by atoms with Gasteiger partial charge in [0.05, 0.1) is 12.2 Å². The number of halogens is 1. The van der Waals surface area contributed by atoms with E-state index in [1.165, 1.54) is 6.08 Å². The summed E-state index contributed by atoms with van der Waals surface area (Å²) in [5.74, 6) is -0.697. The Labute approximate surface area is 157 Å². The van der Waals surface area contributed by atoms with Gasteiger partial charge in [-0.1, -0.05) is 23.7 Å². The number of benzene rings is 2. The molecule has 0 heterocycles. The summed E-state index contributed by atoms with van der Waals surface area (Å²) >= 11 is 5.82. The summed E-state index contributed by atoms with van der Waals surface area (Å²) in [6, 6.07) is 13.6. The average molecular weight is 374 g/mol.